The molecular formula is C22H17NO4S. The van der Waals surface area contributed by atoms with Gasteiger partial charge in [0, 0.05) is 6.54 Å². The van der Waals surface area contributed by atoms with Crippen LogP contribution in [0.15, 0.2) is 83.4 Å². The summed E-state index contributed by atoms with van der Waals surface area (Å²) in [5, 5.41) is 22.3. The molecule has 1 atom stereocenters. The highest BCUT2D eigenvalue weighted by Gasteiger charge is 2.44. The second-order valence-corrected chi connectivity index (χ2v) is 7.43. The Kier molecular flexibility index (Phi) is 4.71. The fourth-order valence-corrected chi connectivity index (χ4v) is 4.09. The van der Waals surface area contributed by atoms with E-state index in [1.54, 1.807) is 29.6 Å². The van der Waals surface area contributed by atoms with Crippen LogP contribution in [0.3, 0.4) is 0 Å². The third-order valence-corrected chi connectivity index (χ3v) is 5.54. The molecule has 0 aliphatic carbocycles. The van der Waals surface area contributed by atoms with E-state index in [0.717, 1.165) is 5.56 Å². The number of phenolic OH excluding ortho intramolecular Hbond substituents is 1. The molecule has 0 spiro atoms. The number of aliphatic hydroxyl groups excluding tert-OH is 1. The number of aliphatic hydroxyl groups is 1. The molecule has 1 aromatic heterocycles. The van der Waals surface area contributed by atoms with E-state index >= 15 is 0 Å². The number of ketones is 1. The number of aromatic hydroxyl groups is 1. The van der Waals surface area contributed by atoms with Crippen LogP contribution >= 0.6 is 11.3 Å². The molecule has 0 saturated carbocycles. The molecule has 1 aliphatic rings. The van der Waals surface area contributed by atoms with Crippen LogP contribution in [0.2, 0.25) is 0 Å². The van der Waals surface area contributed by atoms with Crippen LogP contribution in [0.1, 0.15) is 26.8 Å². The van der Waals surface area contributed by atoms with Gasteiger partial charge in [0.1, 0.15) is 5.75 Å². The fraction of sp³-hybridized carbons (Fsp3) is 0.0909. The van der Waals surface area contributed by atoms with E-state index in [-0.39, 0.29) is 23.7 Å². The van der Waals surface area contributed by atoms with Crippen LogP contribution in [0.25, 0.3) is 0 Å². The van der Waals surface area contributed by atoms with E-state index in [1.165, 1.54) is 28.4 Å². The van der Waals surface area contributed by atoms with Gasteiger partial charge in [-0.3, -0.25) is 9.59 Å². The van der Waals surface area contributed by atoms with Gasteiger partial charge in [0.25, 0.3) is 5.91 Å². The van der Waals surface area contributed by atoms with Crippen molar-refractivity contribution >= 4 is 23.0 Å². The number of amides is 1. The van der Waals surface area contributed by atoms with Gasteiger partial charge in [0.15, 0.2) is 5.76 Å². The second kappa shape index (κ2) is 7.32. The van der Waals surface area contributed by atoms with Crippen molar-refractivity contribution in [2.75, 3.05) is 0 Å². The van der Waals surface area contributed by atoms with Crippen molar-refractivity contribution in [2.45, 2.75) is 12.6 Å². The van der Waals surface area contributed by atoms with E-state index < -0.39 is 17.7 Å². The summed E-state index contributed by atoms with van der Waals surface area (Å²) in [6, 6.07) is 18.4. The van der Waals surface area contributed by atoms with Gasteiger partial charge in [-0.2, -0.15) is 0 Å². The van der Waals surface area contributed by atoms with E-state index in [2.05, 4.69) is 0 Å². The Morgan fingerprint density at radius 3 is 2.46 bits per heavy atom. The van der Waals surface area contributed by atoms with Gasteiger partial charge in [0.2, 0.25) is 5.78 Å². The lowest BCUT2D eigenvalue weighted by Crippen LogP contribution is -2.30. The predicted octanol–water partition coefficient (Wildman–Crippen LogP) is 4.23. The number of phenols is 1. The van der Waals surface area contributed by atoms with Crippen LogP contribution in [0, 0.1) is 0 Å². The Labute approximate surface area is 165 Å². The van der Waals surface area contributed by atoms with Gasteiger partial charge in [-0.1, -0.05) is 48.5 Å². The molecule has 0 fully saturated rings. The highest BCUT2D eigenvalue weighted by atomic mass is 32.1. The molecule has 6 heteroatoms. The maximum Gasteiger partial charge on any atom is 0.290 e. The Hall–Kier alpha value is -3.38. The van der Waals surface area contributed by atoms with Crippen molar-refractivity contribution in [3.63, 3.8) is 0 Å². The monoisotopic (exact) mass is 391 g/mol. The predicted molar refractivity (Wildman–Crippen MR) is 106 cm³/mol. The molecule has 2 N–H and O–H groups in total. The number of rotatable bonds is 5. The SMILES string of the molecule is O=C(C1=C(O)C(=O)N(Cc2ccccc2)C1c1cccc(O)c1)c1cccs1. The minimum atomic E-state index is -0.783. The van der Waals surface area contributed by atoms with Crippen LogP contribution in [-0.2, 0) is 11.3 Å². The Bertz CT molecular complexity index is 1060. The van der Waals surface area contributed by atoms with E-state index in [1.807, 2.05) is 30.3 Å². The first-order valence-electron chi connectivity index (χ1n) is 8.71. The van der Waals surface area contributed by atoms with Crippen LogP contribution in [0.4, 0.5) is 0 Å². The molecule has 140 valence electrons. The van der Waals surface area contributed by atoms with Crippen molar-refractivity contribution in [3.8, 4) is 5.75 Å². The van der Waals surface area contributed by atoms with Crippen LogP contribution in [0.5, 0.6) is 5.75 Å². The van der Waals surface area contributed by atoms with Crippen molar-refractivity contribution < 1.29 is 19.8 Å². The molecule has 0 saturated heterocycles. The summed E-state index contributed by atoms with van der Waals surface area (Å²) >= 11 is 1.25. The molecule has 0 bridgehead atoms. The molecular weight excluding hydrogens is 374 g/mol. The smallest absolute Gasteiger partial charge is 0.290 e. The maximum absolute atomic E-state index is 13.1. The topological polar surface area (TPSA) is 77.8 Å². The molecule has 0 radical (unpaired) electrons. The summed E-state index contributed by atoms with van der Waals surface area (Å²) in [5.74, 6) is -1.50. The van der Waals surface area contributed by atoms with E-state index in [4.69, 9.17) is 0 Å². The first-order valence-corrected chi connectivity index (χ1v) is 9.59. The standard InChI is InChI=1S/C22H17NO4S/c24-16-9-4-8-15(12-16)19-18(20(25)17-10-5-11-28-17)21(26)22(27)23(19)13-14-6-2-1-3-7-14/h1-12,19,24,26H,13H2. The van der Waals surface area contributed by atoms with Crippen molar-refractivity contribution in [3.05, 3.63) is 99.4 Å². The summed E-state index contributed by atoms with van der Waals surface area (Å²) in [5.41, 5.74) is 1.47. The summed E-state index contributed by atoms with van der Waals surface area (Å²) in [4.78, 5) is 27.9. The lowest BCUT2D eigenvalue weighted by molar-refractivity contribution is -0.130. The summed E-state index contributed by atoms with van der Waals surface area (Å²) in [6.45, 7) is 0.227. The second-order valence-electron chi connectivity index (χ2n) is 6.48. The quantitative estimate of drug-likeness (QED) is 0.638. The number of carbonyl (C=O) groups excluding carboxylic acids is 2. The zero-order valence-electron chi connectivity index (χ0n) is 14.8. The number of carbonyl (C=O) groups is 2. The molecule has 1 unspecified atom stereocenters. The van der Waals surface area contributed by atoms with Gasteiger partial charge in [-0.25, -0.2) is 0 Å². The molecule has 1 aliphatic heterocycles. The van der Waals surface area contributed by atoms with Gasteiger partial charge in [-0.05, 0) is 34.7 Å². The summed E-state index contributed by atoms with van der Waals surface area (Å²) in [6.07, 6.45) is 0. The van der Waals surface area contributed by atoms with Crippen molar-refractivity contribution in [2.24, 2.45) is 0 Å². The van der Waals surface area contributed by atoms with Crippen molar-refractivity contribution in [1.29, 1.82) is 0 Å². The van der Waals surface area contributed by atoms with E-state index in [0.29, 0.717) is 10.4 Å². The maximum atomic E-state index is 13.1. The minimum absolute atomic E-state index is 0.0268. The minimum Gasteiger partial charge on any atom is -0.508 e. The number of nitrogens with zero attached hydrogens (tertiary/aromatic N) is 1. The van der Waals surface area contributed by atoms with E-state index in [9.17, 15) is 19.8 Å². The zero-order valence-corrected chi connectivity index (χ0v) is 15.6. The number of benzene rings is 2. The third-order valence-electron chi connectivity index (χ3n) is 4.67. The zero-order chi connectivity index (χ0) is 19.7. The number of hydrogen-bond acceptors (Lipinski definition) is 5. The van der Waals surface area contributed by atoms with Crippen LogP contribution < -0.4 is 0 Å². The first-order chi connectivity index (χ1) is 13.6. The third kappa shape index (κ3) is 3.18. The molecule has 2 heterocycles. The highest BCUT2D eigenvalue weighted by Crippen LogP contribution is 2.41. The average molecular weight is 391 g/mol. The number of thiophene rings is 1. The largest absolute Gasteiger partial charge is 0.508 e. The molecule has 28 heavy (non-hydrogen) atoms. The first kappa shape index (κ1) is 18.0. The molecule has 2 aromatic carbocycles. The number of Topliss-reactive ketones (excluding diaryl/α,β-unsaturated/α-hetero) is 1. The summed E-state index contributed by atoms with van der Waals surface area (Å²) < 4.78 is 0. The van der Waals surface area contributed by atoms with Crippen LogP contribution in [-0.4, -0.2) is 26.8 Å². The Balaban J connectivity index is 1.81. The fourth-order valence-electron chi connectivity index (χ4n) is 3.41. The summed E-state index contributed by atoms with van der Waals surface area (Å²) in [7, 11) is 0. The van der Waals surface area contributed by atoms with Gasteiger partial charge >= 0.3 is 0 Å². The van der Waals surface area contributed by atoms with Gasteiger partial charge in [0.05, 0.1) is 16.5 Å². The molecule has 5 nitrogen and oxygen atoms in total. The Morgan fingerprint density at radius 2 is 1.79 bits per heavy atom. The lowest BCUT2D eigenvalue weighted by atomic mass is 9.95. The van der Waals surface area contributed by atoms with Crippen molar-refractivity contribution in [1.82, 2.24) is 4.90 Å². The molecule has 3 aromatic rings. The number of hydrogen-bond donors (Lipinski definition) is 2. The van der Waals surface area contributed by atoms with Gasteiger partial charge in [-0.15, -0.1) is 11.3 Å². The normalized spacial score (nSPS) is 16.6. The molecule has 1 amide bonds. The van der Waals surface area contributed by atoms with Gasteiger partial charge < -0.3 is 15.1 Å². The highest BCUT2D eigenvalue weighted by molar-refractivity contribution is 7.12. The molecule has 4 rings (SSSR count). The Morgan fingerprint density at radius 1 is 1.00 bits per heavy atom. The average Bonchev–Trinajstić information content (AvgIpc) is 3.32. The lowest BCUT2D eigenvalue weighted by Gasteiger charge is -2.27.